The Morgan fingerprint density at radius 2 is 1.95 bits per heavy atom. The van der Waals surface area contributed by atoms with Crippen LogP contribution in [0.2, 0.25) is 5.02 Å². The number of benzene rings is 1. The molecule has 0 amide bonds. The van der Waals surface area contributed by atoms with E-state index in [2.05, 4.69) is 17.9 Å². The maximum atomic E-state index is 6.14. The molecule has 2 unspecified atom stereocenters. The minimum Gasteiger partial charge on any atom is -0.383 e. The van der Waals surface area contributed by atoms with Gasteiger partial charge in [-0.1, -0.05) is 11.6 Å². The van der Waals surface area contributed by atoms with E-state index in [-0.39, 0.29) is 12.1 Å². The van der Waals surface area contributed by atoms with E-state index in [0.29, 0.717) is 13.2 Å². The summed E-state index contributed by atoms with van der Waals surface area (Å²) in [5.74, 6) is 0. The number of hydrogen-bond donors (Lipinski definition) is 1. The molecule has 0 radical (unpaired) electrons. The zero-order valence-corrected chi connectivity index (χ0v) is 14.2. The number of ether oxygens (including phenoxy) is 2. The Labute approximate surface area is 133 Å². The molecule has 0 saturated carbocycles. The van der Waals surface area contributed by atoms with Gasteiger partial charge in [0.05, 0.1) is 13.2 Å². The van der Waals surface area contributed by atoms with Crippen molar-refractivity contribution in [2.75, 3.05) is 38.9 Å². The highest BCUT2D eigenvalue weighted by Gasteiger charge is 2.18. The fourth-order valence-electron chi connectivity index (χ4n) is 2.44. The third kappa shape index (κ3) is 5.83. The van der Waals surface area contributed by atoms with Gasteiger partial charge in [-0.3, -0.25) is 0 Å². The molecule has 1 aromatic carbocycles. The molecule has 5 heteroatoms. The molecule has 0 aromatic heterocycles. The van der Waals surface area contributed by atoms with E-state index in [4.69, 9.17) is 26.8 Å². The van der Waals surface area contributed by atoms with Crippen LogP contribution in [0.25, 0.3) is 0 Å². The van der Waals surface area contributed by atoms with Gasteiger partial charge in [0.2, 0.25) is 0 Å². The predicted octanol–water partition coefficient (Wildman–Crippen LogP) is 2.72. The Balaban J connectivity index is 3.09. The first-order chi connectivity index (χ1) is 9.99. The molecule has 120 valence electrons. The maximum absolute atomic E-state index is 6.14. The molecule has 0 aliphatic carbocycles. The van der Waals surface area contributed by atoms with E-state index in [1.54, 1.807) is 14.2 Å². The summed E-state index contributed by atoms with van der Waals surface area (Å²) in [6.45, 7) is 6.26. The van der Waals surface area contributed by atoms with E-state index in [9.17, 15) is 0 Å². The topological polar surface area (TPSA) is 47.7 Å². The molecule has 0 spiro atoms. The van der Waals surface area contributed by atoms with Crippen LogP contribution < -0.4 is 10.6 Å². The lowest BCUT2D eigenvalue weighted by molar-refractivity contribution is 0.171. The zero-order valence-electron chi connectivity index (χ0n) is 13.4. The fourth-order valence-corrected chi connectivity index (χ4v) is 2.64. The molecule has 2 atom stereocenters. The molecule has 4 nitrogen and oxygen atoms in total. The van der Waals surface area contributed by atoms with Crippen LogP contribution >= 0.6 is 11.6 Å². The third-order valence-corrected chi connectivity index (χ3v) is 3.60. The van der Waals surface area contributed by atoms with Crippen molar-refractivity contribution in [3.8, 4) is 0 Å². The molecular weight excluding hydrogens is 288 g/mol. The summed E-state index contributed by atoms with van der Waals surface area (Å²) in [6, 6.07) is 6.31. The largest absolute Gasteiger partial charge is 0.383 e. The fraction of sp³-hybridized carbons (Fsp3) is 0.625. The average Bonchev–Trinajstić information content (AvgIpc) is 2.40. The number of nitrogens with zero attached hydrogens (tertiary/aromatic N) is 1. The van der Waals surface area contributed by atoms with Crippen molar-refractivity contribution >= 4 is 17.3 Å². The molecule has 0 saturated heterocycles. The number of methoxy groups -OCH3 is 2. The van der Waals surface area contributed by atoms with E-state index in [1.165, 1.54) is 0 Å². The van der Waals surface area contributed by atoms with E-state index in [1.807, 2.05) is 19.1 Å². The van der Waals surface area contributed by atoms with Gasteiger partial charge in [0.1, 0.15) is 0 Å². The van der Waals surface area contributed by atoms with Gasteiger partial charge >= 0.3 is 0 Å². The Morgan fingerprint density at radius 3 is 2.52 bits per heavy atom. The smallest absolute Gasteiger partial charge is 0.0663 e. The standard InChI is InChI=1S/C16H27ClN2O2/c1-12(18)9-14-10-15(17)5-6-16(14)19(7-8-20-3)13(2)11-21-4/h5-6,10,12-13H,7-9,11,18H2,1-4H3. The first kappa shape index (κ1) is 18.2. The summed E-state index contributed by atoms with van der Waals surface area (Å²) < 4.78 is 10.5. The molecule has 1 rings (SSSR count). The maximum Gasteiger partial charge on any atom is 0.0663 e. The number of anilines is 1. The number of rotatable bonds is 9. The quantitative estimate of drug-likeness (QED) is 0.761. The third-order valence-electron chi connectivity index (χ3n) is 3.37. The molecule has 0 aliphatic rings. The molecular formula is C16H27ClN2O2. The second-order valence-corrected chi connectivity index (χ2v) is 5.88. The highest BCUT2D eigenvalue weighted by Crippen LogP contribution is 2.27. The van der Waals surface area contributed by atoms with Crippen molar-refractivity contribution in [1.29, 1.82) is 0 Å². The van der Waals surface area contributed by atoms with Gasteiger partial charge in [0, 0.05) is 43.6 Å². The van der Waals surface area contributed by atoms with Crippen LogP contribution in [0, 0.1) is 0 Å². The molecule has 0 fully saturated rings. The van der Waals surface area contributed by atoms with Gasteiger partial charge < -0.3 is 20.1 Å². The van der Waals surface area contributed by atoms with Crippen LogP contribution in [-0.2, 0) is 15.9 Å². The molecule has 21 heavy (non-hydrogen) atoms. The second kappa shape index (κ2) is 9.26. The molecule has 0 aliphatic heterocycles. The number of halogens is 1. The zero-order chi connectivity index (χ0) is 15.8. The SMILES string of the molecule is COCCN(c1ccc(Cl)cc1CC(C)N)C(C)COC. The van der Waals surface area contributed by atoms with Gasteiger partial charge in [-0.15, -0.1) is 0 Å². The Morgan fingerprint density at radius 1 is 1.24 bits per heavy atom. The van der Waals surface area contributed by atoms with Crippen LogP contribution in [-0.4, -0.2) is 46.1 Å². The lowest BCUT2D eigenvalue weighted by atomic mass is 10.0. The lowest BCUT2D eigenvalue weighted by Gasteiger charge is -2.33. The Hall–Kier alpha value is -0.810. The average molecular weight is 315 g/mol. The second-order valence-electron chi connectivity index (χ2n) is 5.44. The molecule has 2 N–H and O–H groups in total. The number of hydrogen-bond acceptors (Lipinski definition) is 4. The summed E-state index contributed by atoms with van der Waals surface area (Å²) in [4.78, 5) is 2.29. The van der Waals surface area contributed by atoms with Gasteiger partial charge in [0.15, 0.2) is 0 Å². The van der Waals surface area contributed by atoms with Crippen molar-refractivity contribution in [1.82, 2.24) is 0 Å². The van der Waals surface area contributed by atoms with Crippen molar-refractivity contribution in [3.63, 3.8) is 0 Å². The van der Waals surface area contributed by atoms with Crippen LogP contribution in [0.4, 0.5) is 5.69 Å². The normalized spacial score (nSPS) is 14.0. The highest BCUT2D eigenvalue weighted by molar-refractivity contribution is 6.30. The number of nitrogens with two attached hydrogens (primary N) is 1. The van der Waals surface area contributed by atoms with Crippen molar-refractivity contribution in [2.45, 2.75) is 32.4 Å². The van der Waals surface area contributed by atoms with Gasteiger partial charge in [-0.05, 0) is 44.0 Å². The predicted molar refractivity (Wildman–Crippen MR) is 89.4 cm³/mol. The van der Waals surface area contributed by atoms with E-state index >= 15 is 0 Å². The minimum atomic E-state index is 0.0872. The van der Waals surface area contributed by atoms with Crippen LogP contribution in [0.5, 0.6) is 0 Å². The van der Waals surface area contributed by atoms with Crippen LogP contribution in [0.1, 0.15) is 19.4 Å². The lowest BCUT2D eigenvalue weighted by Crippen LogP contribution is -2.39. The van der Waals surface area contributed by atoms with Gasteiger partial charge in [-0.25, -0.2) is 0 Å². The Bertz CT molecular complexity index is 427. The first-order valence-electron chi connectivity index (χ1n) is 7.28. The summed E-state index contributed by atoms with van der Waals surface area (Å²) in [6.07, 6.45) is 0.791. The monoisotopic (exact) mass is 314 g/mol. The highest BCUT2D eigenvalue weighted by atomic mass is 35.5. The molecule has 0 bridgehead atoms. The van der Waals surface area contributed by atoms with E-state index in [0.717, 1.165) is 29.2 Å². The summed E-state index contributed by atoms with van der Waals surface area (Å²) in [7, 11) is 3.43. The first-order valence-corrected chi connectivity index (χ1v) is 7.65. The van der Waals surface area contributed by atoms with Crippen molar-refractivity contribution in [2.24, 2.45) is 5.73 Å². The van der Waals surface area contributed by atoms with Crippen LogP contribution in [0.15, 0.2) is 18.2 Å². The van der Waals surface area contributed by atoms with Crippen LogP contribution in [0.3, 0.4) is 0 Å². The summed E-state index contributed by atoms with van der Waals surface area (Å²) in [5.41, 5.74) is 8.28. The van der Waals surface area contributed by atoms with Gasteiger partial charge in [0.25, 0.3) is 0 Å². The molecule has 1 aromatic rings. The molecule has 0 heterocycles. The summed E-state index contributed by atoms with van der Waals surface area (Å²) in [5, 5.41) is 0.737. The Kier molecular flexibility index (Phi) is 8.04. The summed E-state index contributed by atoms with van der Waals surface area (Å²) >= 11 is 6.14. The van der Waals surface area contributed by atoms with E-state index < -0.39 is 0 Å². The van der Waals surface area contributed by atoms with Crippen molar-refractivity contribution < 1.29 is 9.47 Å². The minimum absolute atomic E-state index is 0.0872. The van der Waals surface area contributed by atoms with Gasteiger partial charge in [-0.2, -0.15) is 0 Å². The van der Waals surface area contributed by atoms with Crippen molar-refractivity contribution in [3.05, 3.63) is 28.8 Å².